The van der Waals surface area contributed by atoms with E-state index >= 15 is 0 Å². The normalized spacial score (nSPS) is 10.5. The summed E-state index contributed by atoms with van der Waals surface area (Å²) in [6.07, 6.45) is 4.55. The van der Waals surface area contributed by atoms with Gasteiger partial charge in [0.25, 0.3) is 0 Å². The van der Waals surface area contributed by atoms with Gasteiger partial charge in [-0.15, -0.1) is 0 Å². The lowest BCUT2D eigenvalue weighted by Crippen LogP contribution is -2.14. The fraction of sp³-hybridized carbons (Fsp3) is 0.429. The van der Waals surface area contributed by atoms with Crippen molar-refractivity contribution in [1.82, 2.24) is 0 Å². The monoisotopic (exact) mass is 374 g/mol. The molecule has 0 aliphatic heterocycles. The van der Waals surface area contributed by atoms with Crippen molar-refractivity contribution in [3.8, 4) is 17.1 Å². The van der Waals surface area contributed by atoms with Crippen LogP contribution in [-0.4, -0.2) is 32.3 Å². The third-order valence-electron chi connectivity index (χ3n) is 4.01. The standard InChI is InChI=1S/C21H26O6/c1-4-6-11-25-20(22)17-14-27-19(15-9-8-10-16(13-15)24-3)18(17)21(23)26-12-7-5-2/h8-10,13-14H,4-7,11-12H2,1-3H3. The molecule has 0 fully saturated rings. The highest BCUT2D eigenvalue weighted by atomic mass is 16.5. The van der Waals surface area contributed by atoms with E-state index in [4.69, 9.17) is 18.6 Å². The molecule has 0 atom stereocenters. The lowest BCUT2D eigenvalue weighted by molar-refractivity contribution is 0.0454. The maximum Gasteiger partial charge on any atom is 0.342 e. The fourth-order valence-electron chi connectivity index (χ4n) is 2.46. The number of carbonyl (C=O) groups excluding carboxylic acids is 2. The molecule has 1 aromatic heterocycles. The Labute approximate surface area is 159 Å². The maximum atomic E-state index is 12.7. The number of furan rings is 1. The summed E-state index contributed by atoms with van der Waals surface area (Å²) < 4.78 is 21.4. The van der Waals surface area contributed by atoms with E-state index in [1.165, 1.54) is 6.26 Å². The summed E-state index contributed by atoms with van der Waals surface area (Å²) in [5.74, 6) is -0.319. The number of benzene rings is 1. The summed E-state index contributed by atoms with van der Waals surface area (Å²) in [6, 6.07) is 7.07. The van der Waals surface area contributed by atoms with Gasteiger partial charge in [-0.05, 0) is 25.0 Å². The molecule has 0 aliphatic rings. The smallest absolute Gasteiger partial charge is 0.342 e. The highest BCUT2D eigenvalue weighted by molar-refractivity contribution is 6.07. The van der Waals surface area contributed by atoms with Crippen molar-refractivity contribution in [3.05, 3.63) is 41.7 Å². The molecule has 0 radical (unpaired) electrons. The van der Waals surface area contributed by atoms with E-state index in [9.17, 15) is 9.59 Å². The second-order valence-electron chi connectivity index (χ2n) is 6.06. The third kappa shape index (κ3) is 5.36. The van der Waals surface area contributed by atoms with Gasteiger partial charge in [0.2, 0.25) is 0 Å². The van der Waals surface area contributed by atoms with Crippen LogP contribution in [-0.2, 0) is 9.47 Å². The Morgan fingerprint density at radius 1 is 1.00 bits per heavy atom. The molecule has 6 nitrogen and oxygen atoms in total. The van der Waals surface area contributed by atoms with Crippen molar-refractivity contribution in [1.29, 1.82) is 0 Å². The van der Waals surface area contributed by atoms with E-state index in [1.807, 2.05) is 13.8 Å². The van der Waals surface area contributed by atoms with Crippen LogP contribution in [0.5, 0.6) is 5.75 Å². The number of methoxy groups -OCH3 is 1. The first-order valence-corrected chi connectivity index (χ1v) is 9.22. The minimum absolute atomic E-state index is 0.0745. The van der Waals surface area contributed by atoms with Crippen LogP contribution in [0.4, 0.5) is 0 Å². The predicted octanol–water partition coefficient (Wildman–Crippen LogP) is 4.87. The van der Waals surface area contributed by atoms with Gasteiger partial charge in [-0.2, -0.15) is 0 Å². The molecular formula is C21H26O6. The van der Waals surface area contributed by atoms with Crippen LogP contribution in [0.25, 0.3) is 11.3 Å². The molecule has 0 N–H and O–H groups in total. The van der Waals surface area contributed by atoms with E-state index in [0.29, 0.717) is 17.9 Å². The zero-order chi connectivity index (χ0) is 19.6. The molecule has 0 spiro atoms. The minimum atomic E-state index is -0.600. The van der Waals surface area contributed by atoms with Gasteiger partial charge in [-0.3, -0.25) is 0 Å². The molecular weight excluding hydrogens is 348 g/mol. The summed E-state index contributed by atoms with van der Waals surface area (Å²) in [7, 11) is 1.55. The van der Waals surface area contributed by atoms with E-state index in [-0.39, 0.29) is 23.5 Å². The summed E-state index contributed by atoms with van der Waals surface area (Å²) in [6.45, 7) is 4.58. The largest absolute Gasteiger partial charge is 0.497 e. The van der Waals surface area contributed by atoms with E-state index in [1.54, 1.807) is 31.4 Å². The zero-order valence-corrected chi connectivity index (χ0v) is 16.1. The molecule has 0 amide bonds. The molecule has 2 rings (SSSR count). The van der Waals surface area contributed by atoms with Gasteiger partial charge in [0.1, 0.15) is 28.9 Å². The number of carbonyl (C=O) groups is 2. The number of hydrogen-bond donors (Lipinski definition) is 0. The van der Waals surface area contributed by atoms with Gasteiger partial charge in [0.15, 0.2) is 0 Å². The third-order valence-corrected chi connectivity index (χ3v) is 4.01. The summed E-state index contributed by atoms with van der Waals surface area (Å²) in [5, 5.41) is 0. The first-order valence-electron chi connectivity index (χ1n) is 9.22. The van der Waals surface area contributed by atoms with Crippen LogP contribution in [0.15, 0.2) is 34.9 Å². The highest BCUT2D eigenvalue weighted by Crippen LogP contribution is 2.31. The predicted molar refractivity (Wildman–Crippen MR) is 101 cm³/mol. The SMILES string of the molecule is CCCCOC(=O)c1coc(-c2cccc(OC)c2)c1C(=O)OCCCC. The number of esters is 2. The maximum absolute atomic E-state index is 12.7. The molecule has 0 saturated carbocycles. The van der Waals surface area contributed by atoms with E-state index < -0.39 is 11.9 Å². The molecule has 0 aliphatic carbocycles. The van der Waals surface area contributed by atoms with Crippen molar-refractivity contribution >= 4 is 11.9 Å². The topological polar surface area (TPSA) is 75.0 Å². The Hall–Kier alpha value is -2.76. The van der Waals surface area contributed by atoms with Gasteiger partial charge < -0.3 is 18.6 Å². The molecule has 0 unspecified atom stereocenters. The first-order chi connectivity index (χ1) is 13.1. The molecule has 2 aromatic rings. The number of rotatable bonds is 10. The molecule has 0 saturated heterocycles. The van der Waals surface area contributed by atoms with Crippen LogP contribution < -0.4 is 4.74 Å². The average Bonchev–Trinajstić information content (AvgIpc) is 3.13. The van der Waals surface area contributed by atoms with Crippen molar-refractivity contribution in [3.63, 3.8) is 0 Å². The molecule has 1 aromatic carbocycles. The number of unbranched alkanes of at least 4 members (excludes halogenated alkanes) is 2. The van der Waals surface area contributed by atoms with Gasteiger partial charge in [0.05, 0.1) is 20.3 Å². The van der Waals surface area contributed by atoms with Crippen molar-refractivity contribution in [2.24, 2.45) is 0 Å². The number of hydrogen-bond acceptors (Lipinski definition) is 6. The second kappa shape index (κ2) is 10.4. The fourth-order valence-corrected chi connectivity index (χ4v) is 2.46. The van der Waals surface area contributed by atoms with Gasteiger partial charge in [0, 0.05) is 5.56 Å². The van der Waals surface area contributed by atoms with Crippen molar-refractivity contribution in [2.45, 2.75) is 39.5 Å². The highest BCUT2D eigenvalue weighted by Gasteiger charge is 2.28. The van der Waals surface area contributed by atoms with Crippen LogP contribution in [0.3, 0.4) is 0 Å². The van der Waals surface area contributed by atoms with Crippen LogP contribution in [0.2, 0.25) is 0 Å². The second-order valence-corrected chi connectivity index (χ2v) is 6.06. The first kappa shape index (κ1) is 20.6. The Morgan fingerprint density at radius 3 is 2.30 bits per heavy atom. The van der Waals surface area contributed by atoms with Crippen molar-refractivity contribution < 1.29 is 28.2 Å². The van der Waals surface area contributed by atoms with Gasteiger partial charge >= 0.3 is 11.9 Å². The molecule has 146 valence electrons. The minimum Gasteiger partial charge on any atom is -0.497 e. The van der Waals surface area contributed by atoms with Gasteiger partial charge in [-0.1, -0.05) is 38.8 Å². The Balaban J connectivity index is 2.37. The Kier molecular flexibility index (Phi) is 7.92. The summed E-state index contributed by atoms with van der Waals surface area (Å²) in [4.78, 5) is 25.1. The molecule has 27 heavy (non-hydrogen) atoms. The van der Waals surface area contributed by atoms with Crippen LogP contribution >= 0.6 is 0 Å². The van der Waals surface area contributed by atoms with E-state index in [2.05, 4.69) is 0 Å². The van der Waals surface area contributed by atoms with E-state index in [0.717, 1.165) is 25.7 Å². The molecule has 0 bridgehead atoms. The lowest BCUT2D eigenvalue weighted by atomic mass is 10.0. The molecule has 1 heterocycles. The quantitative estimate of drug-likeness (QED) is 0.436. The summed E-state index contributed by atoms with van der Waals surface area (Å²) in [5.41, 5.74) is 0.774. The average molecular weight is 374 g/mol. The Bertz CT molecular complexity index is 762. The van der Waals surface area contributed by atoms with Crippen LogP contribution in [0.1, 0.15) is 60.2 Å². The molecule has 6 heteroatoms. The Morgan fingerprint density at radius 2 is 1.67 bits per heavy atom. The summed E-state index contributed by atoms with van der Waals surface area (Å²) >= 11 is 0. The van der Waals surface area contributed by atoms with Gasteiger partial charge in [-0.25, -0.2) is 9.59 Å². The van der Waals surface area contributed by atoms with Crippen LogP contribution in [0, 0.1) is 0 Å². The zero-order valence-electron chi connectivity index (χ0n) is 16.1. The lowest BCUT2D eigenvalue weighted by Gasteiger charge is -2.08. The number of ether oxygens (including phenoxy) is 3. The van der Waals surface area contributed by atoms with Crippen molar-refractivity contribution in [2.75, 3.05) is 20.3 Å².